The third kappa shape index (κ3) is 3.64. The molecule has 4 rings (SSSR count). The molecule has 9 heteroatoms. The van der Waals surface area contributed by atoms with E-state index in [1.54, 1.807) is 29.2 Å². The Bertz CT molecular complexity index is 936. The number of hydrogen-bond donors (Lipinski definition) is 1. The van der Waals surface area contributed by atoms with Gasteiger partial charge < -0.3 is 10.1 Å². The molecule has 154 valence electrons. The Hall–Kier alpha value is -3.10. The number of carbonyl (C=O) groups is 2. The van der Waals surface area contributed by atoms with Gasteiger partial charge in [-0.05, 0) is 39.7 Å². The Balaban J connectivity index is 1.75. The number of rotatable bonds is 3. The van der Waals surface area contributed by atoms with Crippen LogP contribution in [0.3, 0.4) is 0 Å². The Morgan fingerprint density at radius 2 is 2.00 bits per heavy atom. The highest BCUT2D eigenvalue weighted by Gasteiger charge is 2.37. The maximum Gasteiger partial charge on any atom is 0.414 e. The van der Waals surface area contributed by atoms with Crippen LogP contribution >= 0.6 is 0 Å². The summed E-state index contributed by atoms with van der Waals surface area (Å²) in [7, 11) is 1.58. The van der Waals surface area contributed by atoms with Crippen molar-refractivity contribution in [3.05, 3.63) is 24.7 Å². The van der Waals surface area contributed by atoms with Crippen LogP contribution in [0, 0.1) is 0 Å². The lowest BCUT2D eigenvalue weighted by atomic mass is 10.1. The Morgan fingerprint density at radius 1 is 1.24 bits per heavy atom. The van der Waals surface area contributed by atoms with Crippen molar-refractivity contribution in [2.75, 3.05) is 23.4 Å². The van der Waals surface area contributed by atoms with Crippen molar-refractivity contribution in [3.8, 4) is 11.1 Å². The van der Waals surface area contributed by atoms with Crippen LogP contribution in [0.15, 0.2) is 24.7 Å². The lowest BCUT2D eigenvalue weighted by molar-refractivity contribution is 0.122. The summed E-state index contributed by atoms with van der Waals surface area (Å²) < 4.78 is 7.40. The molecule has 1 fully saturated rings. The largest absolute Gasteiger partial charge is 0.446 e. The highest BCUT2D eigenvalue weighted by atomic mass is 16.6. The number of amides is 3. The molecule has 1 saturated carbocycles. The maximum absolute atomic E-state index is 12.8. The number of urea groups is 1. The van der Waals surface area contributed by atoms with Crippen LogP contribution in [-0.2, 0) is 4.74 Å². The molecule has 1 atom stereocenters. The first kappa shape index (κ1) is 19.2. The van der Waals surface area contributed by atoms with E-state index in [1.807, 2.05) is 37.7 Å². The molecule has 0 bridgehead atoms. The number of nitrogens with one attached hydrogen (secondary N) is 1. The van der Waals surface area contributed by atoms with E-state index in [0.29, 0.717) is 24.1 Å². The quantitative estimate of drug-likeness (QED) is 0.857. The van der Waals surface area contributed by atoms with E-state index in [4.69, 9.17) is 4.74 Å². The molecule has 0 radical (unpaired) electrons. The third-order valence-corrected chi connectivity index (χ3v) is 5.10. The Labute approximate surface area is 169 Å². The van der Waals surface area contributed by atoms with E-state index in [0.717, 1.165) is 24.0 Å². The minimum Gasteiger partial charge on any atom is -0.446 e. The number of carbonyl (C=O) groups excluding carboxylic acids is 2. The van der Waals surface area contributed by atoms with E-state index < -0.39 is 6.09 Å². The number of ether oxygens (including phenoxy) is 1. The topological polar surface area (TPSA) is 92.6 Å². The molecule has 1 N–H and O–H groups in total. The van der Waals surface area contributed by atoms with E-state index in [2.05, 4.69) is 15.4 Å². The molecule has 1 aliphatic heterocycles. The zero-order chi connectivity index (χ0) is 20.7. The second kappa shape index (κ2) is 7.38. The summed E-state index contributed by atoms with van der Waals surface area (Å²) in [6.07, 6.45) is 7.13. The summed E-state index contributed by atoms with van der Waals surface area (Å²) in [4.78, 5) is 32.9. The molecule has 3 heterocycles. The average Bonchev–Trinajstić information content (AvgIpc) is 3.42. The van der Waals surface area contributed by atoms with Crippen LogP contribution in [0.25, 0.3) is 11.1 Å². The first-order valence-electron chi connectivity index (χ1n) is 9.92. The smallest absolute Gasteiger partial charge is 0.414 e. The first-order valence-corrected chi connectivity index (χ1v) is 9.92. The van der Waals surface area contributed by atoms with E-state index in [1.165, 1.54) is 0 Å². The van der Waals surface area contributed by atoms with Crippen LogP contribution in [0.2, 0.25) is 0 Å². The lowest BCUT2D eigenvalue weighted by Gasteiger charge is -2.39. The molecule has 29 heavy (non-hydrogen) atoms. The summed E-state index contributed by atoms with van der Waals surface area (Å²) in [6.45, 7) is 5.81. The molecular weight excluding hydrogens is 372 g/mol. The van der Waals surface area contributed by atoms with Gasteiger partial charge in [0.05, 0.1) is 36.6 Å². The molecule has 0 aromatic carbocycles. The van der Waals surface area contributed by atoms with Gasteiger partial charge in [-0.25, -0.2) is 14.6 Å². The van der Waals surface area contributed by atoms with Crippen molar-refractivity contribution in [2.24, 2.45) is 0 Å². The van der Waals surface area contributed by atoms with Crippen molar-refractivity contribution in [1.82, 2.24) is 20.1 Å². The minimum atomic E-state index is -0.447. The van der Waals surface area contributed by atoms with Gasteiger partial charge in [0.15, 0.2) is 5.82 Å². The molecule has 3 amide bonds. The molecular formula is C20H26N6O3. The van der Waals surface area contributed by atoms with Gasteiger partial charge in [-0.2, -0.15) is 5.10 Å². The number of anilines is 2. The number of nitrogens with zero attached hydrogens (tertiary/aromatic N) is 5. The van der Waals surface area contributed by atoms with Crippen LogP contribution in [0.1, 0.15) is 39.7 Å². The van der Waals surface area contributed by atoms with Crippen molar-refractivity contribution >= 4 is 23.6 Å². The minimum absolute atomic E-state index is 0.244. The van der Waals surface area contributed by atoms with Crippen LogP contribution < -0.4 is 15.1 Å². The molecule has 1 aliphatic carbocycles. The predicted molar refractivity (Wildman–Crippen MR) is 109 cm³/mol. The van der Waals surface area contributed by atoms with Gasteiger partial charge in [-0.3, -0.25) is 14.5 Å². The second-order valence-electron chi connectivity index (χ2n) is 7.82. The molecule has 9 nitrogen and oxygen atoms in total. The third-order valence-electron chi connectivity index (χ3n) is 5.10. The lowest BCUT2D eigenvalue weighted by Crippen LogP contribution is -2.54. The number of pyridine rings is 1. The fourth-order valence-corrected chi connectivity index (χ4v) is 3.52. The van der Waals surface area contributed by atoms with Crippen molar-refractivity contribution in [1.29, 1.82) is 0 Å². The van der Waals surface area contributed by atoms with Gasteiger partial charge in [0.1, 0.15) is 0 Å². The van der Waals surface area contributed by atoms with E-state index >= 15 is 0 Å². The van der Waals surface area contributed by atoms with Gasteiger partial charge in [0, 0.05) is 30.6 Å². The predicted octanol–water partition coefficient (Wildman–Crippen LogP) is 3.18. The van der Waals surface area contributed by atoms with Crippen LogP contribution in [-0.4, -0.2) is 52.6 Å². The maximum atomic E-state index is 12.8. The summed E-state index contributed by atoms with van der Waals surface area (Å²) in [5.74, 6) is 0.433. The summed E-state index contributed by atoms with van der Waals surface area (Å²) in [5, 5.41) is 7.09. The average molecular weight is 398 g/mol. The van der Waals surface area contributed by atoms with Crippen LogP contribution in [0.5, 0.6) is 0 Å². The van der Waals surface area contributed by atoms with Gasteiger partial charge in [-0.15, -0.1) is 0 Å². The summed E-state index contributed by atoms with van der Waals surface area (Å²) >= 11 is 0. The molecule has 0 saturated heterocycles. The molecule has 2 aromatic heterocycles. The van der Waals surface area contributed by atoms with E-state index in [9.17, 15) is 9.59 Å². The van der Waals surface area contributed by atoms with E-state index in [-0.39, 0.29) is 18.2 Å². The zero-order valence-electron chi connectivity index (χ0n) is 17.1. The summed E-state index contributed by atoms with van der Waals surface area (Å²) in [6, 6.07) is 1.84. The standard InChI is InChI=1S/C20H26N6O3/c1-12(2)29-20(28)24-10-13(3)26(19(27)21-4)18-17(24)7-14(8-22-18)15-9-23-25(11-15)16-5-6-16/h7-9,11-13,16H,5-6,10H2,1-4H3,(H,21,27)/t13-/m0/s1. The Kier molecular flexibility index (Phi) is 4.89. The second-order valence-corrected chi connectivity index (χ2v) is 7.82. The molecule has 2 aromatic rings. The van der Waals surface area contributed by atoms with Gasteiger partial charge in [-0.1, -0.05) is 0 Å². The number of aromatic nitrogens is 3. The number of hydrogen-bond acceptors (Lipinski definition) is 5. The van der Waals surface area contributed by atoms with Gasteiger partial charge in [0.2, 0.25) is 0 Å². The van der Waals surface area contributed by atoms with Crippen LogP contribution in [0.4, 0.5) is 21.1 Å². The molecule has 2 aliphatic rings. The normalized spacial score (nSPS) is 18.6. The van der Waals surface area contributed by atoms with Gasteiger partial charge >= 0.3 is 12.1 Å². The fourth-order valence-electron chi connectivity index (χ4n) is 3.52. The highest BCUT2D eigenvalue weighted by molar-refractivity contribution is 6.01. The highest BCUT2D eigenvalue weighted by Crippen LogP contribution is 2.39. The zero-order valence-corrected chi connectivity index (χ0v) is 17.1. The van der Waals surface area contributed by atoms with Crippen molar-refractivity contribution < 1.29 is 14.3 Å². The monoisotopic (exact) mass is 398 g/mol. The molecule has 0 unspecified atom stereocenters. The van der Waals surface area contributed by atoms with Gasteiger partial charge in [0.25, 0.3) is 0 Å². The SMILES string of the molecule is CNC(=O)N1c2ncc(-c3cnn(C4CC4)c3)cc2N(C(=O)OC(C)C)C[C@@H]1C. The van der Waals surface area contributed by atoms with Crippen molar-refractivity contribution in [2.45, 2.75) is 51.8 Å². The van der Waals surface area contributed by atoms with Crippen molar-refractivity contribution in [3.63, 3.8) is 0 Å². The molecule has 0 spiro atoms. The first-order chi connectivity index (χ1) is 13.9. The fraction of sp³-hybridized carbons (Fsp3) is 0.500. The summed E-state index contributed by atoms with van der Waals surface area (Å²) in [5.41, 5.74) is 2.31. The Morgan fingerprint density at radius 3 is 2.66 bits per heavy atom. The number of fused-ring (bicyclic) bond motifs is 1.